The van der Waals surface area contributed by atoms with Gasteiger partial charge in [-0.15, -0.1) is 0 Å². The molecule has 0 heterocycles. The fourth-order valence-corrected chi connectivity index (χ4v) is 2.48. The van der Waals surface area contributed by atoms with E-state index in [4.69, 9.17) is 0 Å². The van der Waals surface area contributed by atoms with Gasteiger partial charge < -0.3 is 5.32 Å². The van der Waals surface area contributed by atoms with Crippen molar-refractivity contribution in [3.8, 4) is 0 Å². The number of hydrogen-bond donors (Lipinski definition) is 1. The quantitative estimate of drug-likeness (QED) is 0.652. The highest BCUT2D eigenvalue weighted by Gasteiger charge is 2.03. The van der Waals surface area contributed by atoms with E-state index in [2.05, 4.69) is 57.3 Å². The van der Waals surface area contributed by atoms with Gasteiger partial charge in [0.25, 0.3) is 0 Å². The third-order valence-corrected chi connectivity index (χ3v) is 4.39. The molecule has 0 spiro atoms. The molecule has 0 saturated carbocycles. The third-order valence-electron chi connectivity index (χ3n) is 4.39. The van der Waals surface area contributed by atoms with E-state index in [-0.39, 0.29) is 5.91 Å². The second-order valence-electron chi connectivity index (χ2n) is 6.58. The van der Waals surface area contributed by atoms with Crippen LogP contribution in [0.2, 0.25) is 0 Å². The van der Waals surface area contributed by atoms with E-state index in [1.807, 2.05) is 30.3 Å². The van der Waals surface area contributed by atoms with Gasteiger partial charge in [-0.1, -0.05) is 64.1 Å². The molecule has 1 amide bonds. The molecule has 2 aromatic carbocycles. The van der Waals surface area contributed by atoms with Gasteiger partial charge in [-0.2, -0.15) is 0 Å². The molecule has 2 aromatic rings. The molecule has 126 valence electrons. The van der Waals surface area contributed by atoms with Gasteiger partial charge in [-0.05, 0) is 53.2 Å². The Hall–Kier alpha value is -2.35. The Morgan fingerprint density at radius 1 is 0.958 bits per heavy atom. The van der Waals surface area contributed by atoms with E-state index in [1.165, 1.54) is 11.1 Å². The molecule has 1 N–H and O–H groups in total. The monoisotopic (exact) mass is 321 g/mol. The summed E-state index contributed by atoms with van der Waals surface area (Å²) in [4.78, 5) is 12.0. The van der Waals surface area contributed by atoms with Crippen molar-refractivity contribution in [2.45, 2.75) is 46.0 Å². The second kappa shape index (κ2) is 8.49. The molecule has 2 rings (SSSR count). The van der Waals surface area contributed by atoms with Crippen LogP contribution < -0.4 is 5.32 Å². The number of amides is 1. The Labute approximate surface area is 145 Å². The molecule has 2 nitrogen and oxygen atoms in total. The largest absolute Gasteiger partial charge is 0.323 e. The van der Waals surface area contributed by atoms with Gasteiger partial charge in [0.2, 0.25) is 5.91 Å². The first-order valence-electron chi connectivity index (χ1n) is 8.68. The molecule has 0 radical (unpaired) electrons. The first-order chi connectivity index (χ1) is 11.5. The van der Waals surface area contributed by atoms with Crippen molar-refractivity contribution < 1.29 is 4.79 Å². The highest BCUT2D eigenvalue weighted by Crippen LogP contribution is 2.20. The van der Waals surface area contributed by atoms with Crippen LogP contribution in [-0.4, -0.2) is 5.91 Å². The molecule has 1 atom stereocenters. The Bertz CT molecular complexity index is 681. The van der Waals surface area contributed by atoms with Crippen LogP contribution in [0.3, 0.4) is 0 Å². The van der Waals surface area contributed by atoms with Gasteiger partial charge in [0.1, 0.15) is 0 Å². The third kappa shape index (κ3) is 5.09. The molecule has 2 heteroatoms. The van der Waals surface area contributed by atoms with E-state index in [9.17, 15) is 4.79 Å². The average Bonchev–Trinajstić information content (AvgIpc) is 2.60. The Kier molecular flexibility index (Phi) is 6.36. The molecule has 0 aliphatic rings. The van der Waals surface area contributed by atoms with E-state index in [1.54, 1.807) is 6.08 Å². The zero-order chi connectivity index (χ0) is 17.5. The lowest BCUT2D eigenvalue weighted by atomic mass is 9.99. The van der Waals surface area contributed by atoms with Gasteiger partial charge in [-0.25, -0.2) is 0 Å². The summed E-state index contributed by atoms with van der Waals surface area (Å²) in [6.45, 7) is 8.73. The first kappa shape index (κ1) is 18.0. The molecule has 0 aliphatic heterocycles. The number of hydrogen-bond acceptors (Lipinski definition) is 1. The maximum Gasteiger partial charge on any atom is 0.248 e. The van der Waals surface area contributed by atoms with Gasteiger partial charge >= 0.3 is 0 Å². The van der Waals surface area contributed by atoms with E-state index in [0.717, 1.165) is 17.7 Å². The van der Waals surface area contributed by atoms with Crippen molar-refractivity contribution in [3.05, 3.63) is 71.3 Å². The predicted octanol–water partition coefficient (Wildman–Crippen LogP) is 5.98. The van der Waals surface area contributed by atoms with Gasteiger partial charge in [0.05, 0.1) is 0 Å². The van der Waals surface area contributed by atoms with Gasteiger partial charge in [0.15, 0.2) is 0 Å². The molecule has 0 bridgehead atoms. The van der Waals surface area contributed by atoms with Crippen molar-refractivity contribution in [1.29, 1.82) is 0 Å². The van der Waals surface area contributed by atoms with Crippen LogP contribution in [-0.2, 0) is 4.79 Å². The van der Waals surface area contributed by atoms with Crippen LogP contribution in [0.1, 0.15) is 62.6 Å². The van der Waals surface area contributed by atoms with Crippen molar-refractivity contribution in [2.24, 2.45) is 0 Å². The normalized spacial score (nSPS) is 12.5. The summed E-state index contributed by atoms with van der Waals surface area (Å²) < 4.78 is 0. The zero-order valence-corrected chi connectivity index (χ0v) is 15.0. The van der Waals surface area contributed by atoms with Gasteiger partial charge in [0, 0.05) is 11.8 Å². The lowest BCUT2D eigenvalue weighted by Crippen LogP contribution is -2.07. The van der Waals surface area contributed by atoms with Crippen LogP contribution in [0.4, 0.5) is 5.69 Å². The van der Waals surface area contributed by atoms with Crippen LogP contribution in [0.15, 0.2) is 54.6 Å². The second-order valence-corrected chi connectivity index (χ2v) is 6.58. The number of rotatable bonds is 6. The minimum absolute atomic E-state index is 0.112. The highest BCUT2D eigenvalue weighted by atomic mass is 16.1. The lowest BCUT2D eigenvalue weighted by Gasteiger charge is -2.09. The minimum atomic E-state index is -0.112. The maximum absolute atomic E-state index is 12.0. The number of carbonyl (C=O) groups is 1. The highest BCUT2D eigenvalue weighted by molar-refractivity contribution is 6.01. The molecular weight excluding hydrogens is 294 g/mol. The topological polar surface area (TPSA) is 29.1 Å². The fourth-order valence-electron chi connectivity index (χ4n) is 2.48. The number of anilines is 1. The van der Waals surface area contributed by atoms with Crippen LogP contribution >= 0.6 is 0 Å². The molecule has 0 saturated heterocycles. The summed E-state index contributed by atoms with van der Waals surface area (Å²) >= 11 is 0. The summed E-state index contributed by atoms with van der Waals surface area (Å²) in [5, 5.41) is 2.90. The Balaban J connectivity index is 1.94. The summed E-state index contributed by atoms with van der Waals surface area (Å²) in [5.74, 6) is 0.951. The van der Waals surface area contributed by atoms with Crippen molar-refractivity contribution >= 4 is 17.7 Å². The van der Waals surface area contributed by atoms with Crippen molar-refractivity contribution in [3.63, 3.8) is 0 Å². The minimum Gasteiger partial charge on any atom is -0.323 e. The van der Waals surface area contributed by atoms with Crippen LogP contribution in [0, 0.1) is 0 Å². The van der Waals surface area contributed by atoms with Crippen LogP contribution in [0.5, 0.6) is 0 Å². The average molecular weight is 321 g/mol. The summed E-state index contributed by atoms with van der Waals surface area (Å²) in [6.07, 6.45) is 4.53. The van der Waals surface area contributed by atoms with E-state index in [0.29, 0.717) is 11.8 Å². The molecule has 0 unspecified atom stereocenters. The zero-order valence-electron chi connectivity index (χ0n) is 15.0. The van der Waals surface area contributed by atoms with E-state index >= 15 is 0 Å². The Morgan fingerprint density at radius 3 is 2.08 bits per heavy atom. The molecule has 24 heavy (non-hydrogen) atoms. The molecular formula is C22H27NO. The smallest absolute Gasteiger partial charge is 0.248 e. The lowest BCUT2D eigenvalue weighted by molar-refractivity contribution is -0.111. The van der Waals surface area contributed by atoms with E-state index < -0.39 is 0 Å². The summed E-state index contributed by atoms with van der Waals surface area (Å²) in [6, 6.07) is 16.4. The van der Waals surface area contributed by atoms with Crippen LogP contribution in [0.25, 0.3) is 6.08 Å². The summed E-state index contributed by atoms with van der Waals surface area (Å²) in [5.41, 5.74) is 4.46. The fraction of sp³-hybridized carbons (Fsp3) is 0.318. The molecule has 0 aliphatic carbocycles. The molecule has 0 fully saturated rings. The molecule has 0 aromatic heterocycles. The maximum atomic E-state index is 12.0. The Morgan fingerprint density at radius 2 is 1.54 bits per heavy atom. The van der Waals surface area contributed by atoms with Crippen molar-refractivity contribution in [1.82, 2.24) is 0 Å². The first-order valence-corrected chi connectivity index (χ1v) is 8.68. The standard InChI is InChI=1S/C22H27NO/c1-5-17(4)20-11-13-21(14-12-20)23-22(24)15-8-18-6-9-19(10-7-18)16(2)3/h6-17H,5H2,1-4H3,(H,23,24)/b15-8-/t17-/m0/s1. The number of benzene rings is 2. The SMILES string of the molecule is CC[C@H](C)c1ccc(NC(=O)/C=C\c2ccc(C(C)C)cc2)cc1. The number of nitrogens with one attached hydrogen (secondary N) is 1. The predicted molar refractivity (Wildman–Crippen MR) is 103 cm³/mol. The summed E-state index contributed by atoms with van der Waals surface area (Å²) in [7, 11) is 0. The number of carbonyl (C=O) groups excluding carboxylic acids is 1. The van der Waals surface area contributed by atoms with Gasteiger partial charge in [-0.3, -0.25) is 4.79 Å². The van der Waals surface area contributed by atoms with Crippen molar-refractivity contribution in [2.75, 3.05) is 5.32 Å².